The van der Waals surface area contributed by atoms with Gasteiger partial charge in [-0.15, -0.1) is 0 Å². The van der Waals surface area contributed by atoms with Crippen LogP contribution in [0, 0.1) is 0 Å². The molecule has 0 radical (unpaired) electrons. The molecule has 14 heteroatoms. The fourth-order valence-corrected chi connectivity index (χ4v) is 7.14. The molecule has 2 aromatic carbocycles. The number of aliphatic hydroxyl groups excluding tert-OH is 2. The zero-order valence-electron chi connectivity index (χ0n) is 25.6. The lowest BCUT2D eigenvalue weighted by molar-refractivity contribution is -0.266. The molecule has 0 spiro atoms. The van der Waals surface area contributed by atoms with Crippen LogP contribution in [0.3, 0.4) is 0 Å². The zero-order chi connectivity index (χ0) is 33.1. The molecule has 248 valence electrons. The molecule has 2 aliphatic heterocycles. The molecule has 5 unspecified atom stereocenters. The van der Waals surface area contributed by atoms with Crippen LogP contribution in [0.5, 0.6) is 17.2 Å². The number of rotatable bonds is 7. The Labute approximate surface area is 264 Å². The molecule has 0 amide bonds. The number of morpholine rings is 1. The first-order chi connectivity index (χ1) is 21.9. The molecule has 7 atom stereocenters. The maximum atomic E-state index is 13.9. The van der Waals surface area contributed by atoms with E-state index in [4.69, 9.17) is 23.7 Å². The van der Waals surface area contributed by atoms with E-state index < -0.39 is 102 Å². The molecule has 14 nitrogen and oxygen atoms in total. The summed E-state index contributed by atoms with van der Waals surface area (Å²) in [5.74, 6) is -3.75. The van der Waals surface area contributed by atoms with Gasteiger partial charge >= 0.3 is 0 Å². The summed E-state index contributed by atoms with van der Waals surface area (Å²) < 4.78 is 28.6. The fraction of sp³-hybridized carbons (Fsp3) is 0.531. The second-order valence-electron chi connectivity index (χ2n) is 12.1. The van der Waals surface area contributed by atoms with Crippen LogP contribution in [0.2, 0.25) is 0 Å². The highest BCUT2D eigenvalue weighted by molar-refractivity contribution is 6.31. The van der Waals surface area contributed by atoms with Crippen molar-refractivity contribution in [2.75, 3.05) is 40.5 Å². The summed E-state index contributed by atoms with van der Waals surface area (Å²) in [5, 5.41) is 55.5. The lowest BCUT2D eigenvalue weighted by Gasteiger charge is -2.47. The monoisotopic (exact) mass is 643 g/mol. The minimum atomic E-state index is -2.26. The van der Waals surface area contributed by atoms with Gasteiger partial charge in [0.05, 0.1) is 48.7 Å². The van der Waals surface area contributed by atoms with Crippen molar-refractivity contribution in [1.29, 1.82) is 0 Å². The van der Waals surface area contributed by atoms with Gasteiger partial charge < -0.3 is 49.2 Å². The SMILES string of the molecule is COc1cccc2c1C(=O)c1c(O)c3c(c(O)c1C2=O)C[C@@](O)(C(=O)CO)C[C@@H]3OC1CC(N2CCOC(OC)C2)C(O)C(C)O1. The number of ketones is 3. The standard InChI is InChI=1S/C32H37NO13/c1-14-27(36)17(33-7-8-44-22(12-33)43-3)9-21(45-14)46-19-11-32(41,20(35)13-34)10-16-24(19)31(40)26-25(29(16)38)28(37)15-5-4-6-18(42-2)23(15)30(26)39/h4-6,14,17,19,21-22,27,34,36,38,40-41H,7-13H2,1-3H3/t14?,17?,19-,21?,22?,27?,32-/m0/s1. The Morgan fingerprint density at radius 3 is 2.52 bits per heavy atom. The summed E-state index contributed by atoms with van der Waals surface area (Å²) in [4.78, 5) is 42.4. The van der Waals surface area contributed by atoms with E-state index >= 15 is 0 Å². The predicted octanol–water partition coefficient (Wildman–Crippen LogP) is 0.347. The summed E-state index contributed by atoms with van der Waals surface area (Å²) in [6.45, 7) is 1.88. The highest BCUT2D eigenvalue weighted by atomic mass is 16.7. The van der Waals surface area contributed by atoms with Crippen LogP contribution in [0.4, 0.5) is 0 Å². The highest BCUT2D eigenvalue weighted by Crippen LogP contribution is 2.52. The summed E-state index contributed by atoms with van der Waals surface area (Å²) >= 11 is 0. The van der Waals surface area contributed by atoms with Gasteiger partial charge in [-0.05, 0) is 13.0 Å². The Morgan fingerprint density at radius 1 is 1.09 bits per heavy atom. The van der Waals surface area contributed by atoms with Crippen LogP contribution >= 0.6 is 0 Å². The summed E-state index contributed by atoms with van der Waals surface area (Å²) in [7, 11) is 2.85. The van der Waals surface area contributed by atoms with E-state index in [1.807, 2.05) is 4.90 Å². The van der Waals surface area contributed by atoms with Gasteiger partial charge in [-0.2, -0.15) is 0 Å². The lowest BCUT2D eigenvalue weighted by Crippen LogP contribution is -2.59. The Kier molecular flexibility index (Phi) is 8.67. The third-order valence-electron chi connectivity index (χ3n) is 9.53. The van der Waals surface area contributed by atoms with Crippen LogP contribution < -0.4 is 4.74 Å². The average Bonchev–Trinajstić information content (AvgIpc) is 3.05. The van der Waals surface area contributed by atoms with Gasteiger partial charge in [0, 0.05) is 62.2 Å². The van der Waals surface area contributed by atoms with Crippen molar-refractivity contribution in [3.8, 4) is 17.2 Å². The minimum absolute atomic E-state index is 0.0511. The summed E-state index contributed by atoms with van der Waals surface area (Å²) in [6.07, 6.45) is -5.46. The Morgan fingerprint density at radius 2 is 1.83 bits per heavy atom. The molecule has 6 rings (SSSR count). The van der Waals surface area contributed by atoms with Gasteiger partial charge in [0.15, 0.2) is 24.1 Å². The van der Waals surface area contributed by atoms with Crippen molar-refractivity contribution in [2.24, 2.45) is 0 Å². The maximum absolute atomic E-state index is 13.9. The first-order valence-electron chi connectivity index (χ1n) is 15.0. The molecule has 0 saturated carbocycles. The van der Waals surface area contributed by atoms with Gasteiger partial charge in [-0.3, -0.25) is 19.3 Å². The van der Waals surface area contributed by atoms with Gasteiger partial charge in [0.1, 0.15) is 29.5 Å². The minimum Gasteiger partial charge on any atom is -0.507 e. The molecular formula is C32H37NO13. The number of hydrogen-bond acceptors (Lipinski definition) is 14. The first-order valence-corrected chi connectivity index (χ1v) is 15.0. The van der Waals surface area contributed by atoms with Gasteiger partial charge in [-0.1, -0.05) is 12.1 Å². The summed E-state index contributed by atoms with van der Waals surface area (Å²) in [5.41, 5.74) is -3.62. The average molecular weight is 644 g/mol. The molecule has 2 saturated heterocycles. The van der Waals surface area contributed by atoms with Crippen molar-refractivity contribution in [1.82, 2.24) is 4.90 Å². The van der Waals surface area contributed by atoms with E-state index in [2.05, 4.69) is 0 Å². The number of Topliss-reactive ketones (excluding diaryl/α,β-unsaturated/α-hetero) is 1. The third kappa shape index (κ3) is 5.18. The lowest BCUT2D eigenvalue weighted by atomic mass is 9.72. The number of benzene rings is 2. The Balaban J connectivity index is 1.43. The predicted molar refractivity (Wildman–Crippen MR) is 156 cm³/mol. The zero-order valence-corrected chi connectivity index (χ0v) is 25.6. The van der Waals surface area contributed by atoms with Crippen molar-refractivity contribution in [2.45, 2.75) is 68.7 Å². The van der Waals surface area contributed by atoms with Gasteiger partial charge in [0.25, 0.3) is 0 Å². The number of aliphatic hydroxyl groups is 3. The maximum Gasteiger partial charge on any atom is 0.202 e. The molecule has 0 bridgehead atoms. The Bertz CT molecular complexity index is 1580. The number of carbonyl (C=O) groups excluding carboxylic acids is 3. The van der Waals surface area contributed by atoms with Crippen LogP contribution in [0.25, 0.3) is 0 Å². The molecule has 2 heterocycles. The number of carbonyl (C=O) groups is 3. The largest absolute Gasteiger partial charge is 0.507 e. The molecule has 46 heavy (non-hydrogen) atoms. The number of phenolic OH excluding ortho intramolecular Hbond substituents is 2. The molecule has 2 aliphatic carbocycles. The molecule has 2 aromatic rings. The number of phenols is 2. The van der Waals surface area contributed by atoms with Crippen molar-refractivity contribution in [3.05, 3.63) is 51.6 Å². The number of nitrogens with zero attached hydrogens (tertiary/aromatic N) is 1. The van der Waals surface area contributed by atoms with Gasteiger partial charge in [-0.25, -0.2) is 0 Å². The van der Waals surface area contributed by atoms with E-state index in [1.54, 1.807) is 6.92 Å². The van der Waals surface area contributed by atoms with Crippen LogP contribution in [0.15, 0.2) is 18.2 Å². The number of hydrogen-bond donors (Lipinski definition) is 5. The van der Waals surface area contributed by atoms with E-state index in [0.717, 1.165) is 0 Å². The van der Waals surface area contributed by atoms with E-state index in [-0.39, 0.29) is 34.4 Å². The van der Waals surface area contributed by atoms with E-state index in [9.17, 15) is 39.9 Å². The third-order valence-corrected chi connectivity index (χ3v) is 9.53. The number of ether oxygens (including phenoxy) is 5. The van der Waals surface area contributed by atoms with Crippen molar-refractivity contribution in [3.63, 3.8) is 0 Å². The van der Waals surface area contributed by atoms with Gasteiger partial charge in [0.2, 0.25) is 5.78 Å². The molecule has 5 N–H and O–H groups in total. The van der Waals surface area contributed by atoms with Crippen molar-refractivity contribution < 1.29 is 63.6 Å². The smallest absolute Gasteiger partial charge is 0.202 e. The number of aromatic hydroxyl groups is 2. The van der Waals surface area contributed by atoms with Crippen LogP contribution in [-0.2, 0) is 30.2 Å². The second kappa shape index (κ2) is 12.3. The Hall–Kier alpha value is -3.47. The van der Waals surface area contributed by atoms with Crippen molar-refractivity contribution >= 4 is 17.3 Å². The molecule has 2 fully saturated rings. The summed E-state index contributed by atoms with van der Waals surface area (Å²) in [6, 6.07) is 3.93. The normalized spacial score (nSPS) is 31.2. The number of methoxy groups -OCH3 is 2. The second-order valence-corrected chi connectivity index (χ2v) is 12.1. The van der Waals surface area contributed by atoms with Crippen LogP contribution in [0.1, 0.15) is 68.8 Å². The van der Waals surface area contributed by atoms with E-state index in [0.29, 0.717) is 19.7 Å². The highest BCUT2D eigenvalue weighted by Gasteiger charge is 2.50. The van der Waals surface area contributed by atoms with Crippen LogP contribution in [-0.4, -0.2) is 125 Å². The quantitative estimate of drug-likeness (QED) is 0.221. The number of fused-ring (bicyclic) bond motifs is 3. The first kappa shape index (κ1) is 32.5. The van der Waals surface area contributed by atoms with E-state index in [1.165, 1.54) is 32.4 Å². The molecule has 0 aromatic heterocycles. The fourth-order valence-electron chi connectivity index (χ4n) is 7.14. The molecular weight excluding hydrogens is 606 g/mol. The molecule has 4 aliphatic rings. The topological polar surface area (TPSA) is 202 Å².